The van der Waals surface area contributed by atoms with Gasteiger partial charge in [0.15, 0.2) is 5.82 Å². The van der Waals surface area contributed by atoms with Gasteiger partial charge in [-0.25, -0.2) is 14.6 Å². The number of nitrogens with one attached hydrogen (secondary N) is 1. The number of carbonyl (C=O) groups is 2. The van der Waals surface area contributed by atoms with Crippen LogP contribution in [0.5, 0.6) is 0 Å². The summed E-state index contributed by atoms with van der Waals surface area (Å²) in [6, 6.07) is 24.7. The molecule has 0 atom stereocenters. The van der Waals surface area contributed by atoms with Gasteiger partial charge in [-0.1, -0.05) is 66.7 Å². The Hall–Kier alpha value is -4.19. The van der Waals surface area contributed by atoms with Crippen LogP contribution in [0, 0.1) is 0 Å². The molecule has 6 heteroatoms. The molecule has 1 amide bonds. The van der Waals surface area contributed by atoms with Gasteiger partial charge in [-0.15, -0.1) is 0 Å². The molecule has 0 radical (unpaired) electrons. The first-order valence-electron chi connectivity index (χ1n) is 9.87. The van der Waals surface area contributed by atoms with Crippen LogP contribution in [0.1, 0.15) is 27.4 Å². The van der Waals surface area contributed by atoms with Crippen molar-refractivity contribution >= 4 is 28.8 Å². The summed E-state index contributed by atoms with van der Waals surface area (Å²) in [4.78, 5) is 28.5. The Kier molecular flexibility index (Phi) is 4.59. The Bertz CT molecular complexity index is 1290. The first-order valence-corrected chi connectivity index (χ1v) is 9.87. The van der Waals surface area contributed by atoms with Crippen molar-refractivity contribution in [2.24, 2.45) is 0 Å². The van der Waals surface area contributed by atoms with Gasteiger partial charge in [-0.3, -0.25) is 5.32 Å². The highest BCUT2D eigenvalue weighted by Gasteiger charge is 2.29. The number of amides is 1. The fourth-order valence-electron chi connectivity index (χ4n) is 4.11. The van der Waals surface area contributed by atoms with Gasteiger partial charge in [0, 0.05) is 11.3 Å². The number of para-hydroxylation sites is 1. The maximum Gasteiger partial charge on any atom is 0.412 e. The van der Waals surface area contributed by atoms with Crippen molar-refractivity contribution in [1.82, 2.24) is 4.98 Å². The summed E-state index contributed by atoms with van der Waals surface area (Å²) in [5.41, 5.74) is 4.97. The highest BCUT2D eigenvalue weighted by molar-refractivity contribution is 6.01. The topological polar surface area (TPSA) is 88.5 Å². The number of benzene rings is 3. The zero-order chi connectivity index (χ0) is 21.4. The summed E-state index contributed by atoms with van der Waals surface area (Å²) in [6.45, 7) is 0.135. The van der Waals surface area contributed by atoms with Crippen molar-refractivity contribution < 1.29 is 19.4 Å². The molecule has 0 saturated heterocycles. The summed E-state index contributed by atoms with van der Waals surface area (Å²) in [7, 11) is 0. The number of fused-ring (bicyclic) bond motifs is 4. The first kappa shape index (κ1) is 18.8. The number of nitrogens with zero attached hydrogens (tertiary/aromatic N) is 1. The van der Waals surface area contributed by atoms with E-state index in [0.29, 0.717) is 10.9 Å². The third kappa shape index (κ3) is 3.38. The Balaban J connectivity index is 1.38. The minimum Gasteiger partial charge on any atom is -0.478 e. The fourth-order valence-corrected chi connectivity index (χ4v) is 4.11. The van der Waals surface area contributed by atoms with Gasteiger partial charge in [0.25, 0.3) is 0 Å². The first-order chi connectivity index (χ1) is 15.1. The number of anilines is 1. The maximum atomic E-state index is 12.5. The third-order valence-electron chi connectivity index (χ3n) is 5.52. The fraction of sp³-hybridized carbons (Fsp3) is 0.0800. The van der Waals surface area contributed by atoms with E-state index in [1.807, 2.05) is 36.4 Å². The number of carboxylic acids is 1. The normalized spacial score (nSPS) is 12.3. The lowest BCUT2D eigenvalue weighted by Crippen LogP contribution is -2.20. The van der Waals surface area contributed by atoms with Crippen LogP contribution in [-0.4, -0.2) is 28.8 Å². The van der Waals surface area contributed by atoms with Gasteiger partial charge in [-0.2, -0.15) is 0 Å². The van der Waals surface area contributed by atoms with Gasteiger partial charge in [0.2, 0.25) is 0 Å². The number of aromatic nitrogens is 1. The molecule has 1 aromatic heterocycles. The second kappa shape index (κ2) is 7.57. The highest BCUT2D eigenvalue weighted by Crippen LogP contribution is 2.44. The Morgan fingerprint density at radius 1 is 0.903 bits per heavy atom. The molecule has 4 aromatic rings. The molecule has 1 aliphatic carbocycles. The summed E-state index contributed by atoms with van der Waals surface area (Å²) < 4.78 is 5.51. The van der Waals surface area contributed by atoms with E-state index in [0.717, 1.165) is 22.3 Å². The molecule has 0 fully saturated rings. The average Bonchev–Trinajstić information content (AvgIpc) is 3.11. The van der Waals surface area contributed by atoms with Crippen molar-refractivity contribution in [1.29, 1.82) is 0 Å². The van der Waals surface area contributed by atoms with Gasteiger partial charge in [0.1, 0.15) is 12.2 Å². The van der Waals surface area contributed by atoms with Gasteiger partial charge in [0.05, 0.1) is 5.52 Å². The molecule has 6 nitrogen and oxygen atoms in total. The zero-order valence-corrected chi connectivity index (χ0v) is 16.4. The van der Waals surface area contributed by atoms with E-state index in [1.54, 1.807) is 24.3 Å². The van der Waals surface area contributed by atoms with Crippen molar-refractivity contribution in [2.45, 2.75) is 5.92 Å². The van der Waals surface area contributed by atoms with Crippen molar-refractivity contribution in [2.75, 3.05) is 11.9 Å². The average molecular weight is 410 g/mol. The van der Waals surface area contributed by atoms with Crippen molar-refractivity contribution in [3.63, 3.8) is 0 Å². The summed E-state index contributed by atoms with van der Waals surface area (Å²) in [5.74, 6) is -1.29. The Morgan fingerprint density at radius 3 is 2.19 bits per heavy atom. The second-order valence-electron chi connectivity index (χ2n) is 7.33. The number of aromatic carboxylic acids is 1. The van der Waals surface area contributed by atoms with E-state index in [2.05, 4.69) is 22.4 Å². The quantitative estimate of drug-likeness (QED) is 0.477. The summed E-state index contributed by atoms with van der Waals surface area (Å²) in [6.07, 6.45) is -0.743. The summed E-state index contributed by atoms with van der Waals surface area (Å²) in [5, 5.41) is 12.7. The molecule has 1 aliphatic rings. The molecular formula is C25H18N2O4. The largest absolute Gasteiger partial charge is 0.478 e. The molecule has 1 heterocycles. The van der Waals surface area contributed by atoms with Crippen LogP contribution in [0.25, 0.3) is 22.0 Å². The SMILES string of the molecule is O=C(Nc1nc2ccccc2cc1C(=O)O)OCC1c2ccccc2-c2ccccc21. The molecule has 5 rings (SSSR count). The number of carbonyl (C=O) groups excluding carboxylic acids is 1. The van der Waals surface area contributed by atoms with Gasteiger partial charge in [-0.05, 0) is 34.4 Å². The molecule has 0 saturated carbocycles. The number of ether oxygens (including phenoxy) is 1. The molecule has 2 N–H and O–H groups in total. The molecule has 0 aliphatic heterocycles. The van der Waals surface area contributed by atoms with Crippen LogP contribution in [-0.2, 0) is 4.74 Å². The monoisotopic (exact) mass is 410 g/mol. The lowest BCUT2D eigenvalue weighted by molar-refractivity contribution is 0.0698. The van der Waals surface area contributed by atoms with Crippen LogP contribution in [0.3, 0.4) is 0 Å². The van der Waals surface area contributed by atoms with E-state index < -0.39 is 12.1 Å². The zero-order valence-electron chi connectivity index (χ0n) is 16.4. The highest BCUT2D eigenvalue weighted by atomic mass is 16.5. The van der Waals surface area contributed by atoms with Gasteiger partial charge < -0.3 is 9.84 Å². The van der Waals surface area contributed by atoms with Crippen LogP contribution >= 0.6 is 0 Å². The van der Waals surface area contributed by atoms with E-state index in [-0.39, 0.29) is 23.9 Å². The van der Waals surface area contributed by atoms with Crippen LogP contribution < -0.4 is 5.32 Å². The maximum absolute atomic E-state index is 12.5. The van der Waals surface area contributed by atoms with E-state index >= 15 is 0 Å². The van der Waals surface area contributed by atoms with Crippen LogP contribution in [0.4, 0.5) is 10.6 Å². The number of rotatable bonds is 4. The molecule has 0 bridgehead atoms. The number of hydrogen-bond acceptors (Lipinski definition) is 4. The number of pyridine rings is 1. The lowest BCUT2D eigenvalue weighted by atomic mass is 9.98. The second-order valence-corrected chi connectivity index (χ2v) is 7.33. The third-order valence-corrected chi connectivity index (χ3v) is 5.52. The van der Waals surface area contributed by atoms with Crippen molar-refractivity contribution in [3.8, 4) is 11.1 Å². The molecule has 0 spiro atoms. The van der Waals surface area contributed by atoms with Crippen LogP contribution in [0.15, 0.2) is 78.9 Å². The smallest absolute Gasteiger partial charge is 0.412 e. The van der Waals surface area contributed by atoms with E-state index in [1.165, 1.54) is 6.07 Å². The van der Waals surface area contributed by atoms with Gasteiger partial charge >= 0.3 is 12.1 Å². The van der Waals surface area contributed by atoms with Crippen LogP contribution in [0.2, 0.25) is 0 Å². The molecular weight excluding hydrogens is 392 g/mol. The molecule has 0 unspecified atom stereocenters. The Labute approximate surface area is 178 Å². The minimum atomic E-state index is -1.17. The Morgan fingerprint density at radius 2 is 1.52 bits per heavy atom. The van der Waals surface area contributed by atoms with E-state index in [9.17, 15) is 14.7 Å². The minimum absolute atomic E-state index is 0.0385. The number of hydrogen-bond donors (Lipinski definition) is 2. The molecule has 3 aromatic carbocycles. The predicted octanol–water partition coefficient (Wildman–Crippen LogP) is 5.29. The van der Waals surface area contributed by atoms with Crippen molar-refractivity contribution in [3.05, 3.63) is 95.6 Å². The van der Waals surface area contributed by atoms with E-state index in [4.69, 9.17) is 4.74 Å². The number of carboxylic acid groups (broad SMARTS) is 1. The predicted molar refractivity (Wildman–Crippen MR) is 117 cm³/mol. The lowest BCUT2D eigenvalue weighted by Gasteiger charge is -2.15. The molecule has 31 heavy (non-hydrogen) atoms. The molecule has 152 valence electrons. The summed E-state index contributed by atoms with van der Waals surface area (Å²) >= 11 is 0. The standard InChI is InChI=1S/C25H18N2O4/c28-24(29)20-13-15-7-1-6-12-22(15)26-23(20)27-25(30)31-14-21-18-10-4-2-8-16(18)17-9-3-5-11-19(17)21/h1-13,21H,14H2,(H,28,29)(H,26,27,30).